The maximum Gasteiger partial charge on any atom is 0.266 e. The first-order chi connectivity index (χ1) is 14.9. The summed E-state index contributed by atoms with van der Waals surface area (Å²) in [6.45, 7) is 4.53. The quantitative estimate of drug-likeness (QED) is 0.577. The number of nitrogens with one attached hydrogen (secondary N) is 1. The average Bonchev–Trinajstić information content (AvgIpc) is 3.37. The average molecular weight is 427 g/mol. The Hall–Kier alpha value is -2.90. The van der Waals surface area contributed by atoms with E-state index in [2.05, 4.69) is 25.2 Å². The van der Waals surface area contributed by atoms with Crippen molar-refractivity contribution in [3.05, 3.63) is 53.2 Å². The lowest BCUT2D eigenvalue weighted by atomic mass is 10.0. The number of pyridine rings is 1. The monoisotopic (exact) mass is 427 g/mol. The molecule has 2 unspecified atom stereocenters. The van der Waals surface area contributed by atoms with Crippen molar-refractivity contribution in [2.45, 2.75) is 51.6 Å². The number of benzene rings is 1. The molecular weight excluding hydrogens is 403 g/mol. The van der Waals surface area contributed by atoms with E-state index in [0.29, 0.717) is 23.2 Å². The molecule has 3 heterocycles. The lowest BCUT2D eigenvalue weighted by Gasteiger charge is -2.28. The van der Waals surface area contributed by atoms with E-state index in [1.165, 1.54) is 31.4 Å². The Kier molecular flexibility index (Phi) is 4.95. The summed E-state index contributed by atoms with van der Waals surface area (Å²) in [7, 11) is 0. The Bertz CT molecular complexity index is 1140. The van der Waals surface area contributed by atoms with E-state index in [4.69, 9.17) is 0 Å². The molecule has 3 aromatic rings. The summed E-state index contributed by atoms with van der Waals surface area (Å²) >= 11 is 0. The fourth-order valence-electron chi connectivity index (χ4n) is 4.96. The minimum Gasteiger partial charge on any atom is -0.363 e. The van der Waals surface area contributed by atoms with Gasteiger partial charge in [0.2, 0.25) is 0 Å². The second kappa shape index (κ2) is 7.66. The Morgan fingerprint density at radius 3 is 2.68 bits per heavy atom. The van der Waals surface area contributed by atoms with Gasteiger partial charge in [-0.15, -0.1) is 0 Å². The summed E-state index contributed by atoms with van der Waals surface area (Å²) in [4.78, 5) is 16.0. The zero-order valence-corrected chi connectivity index (χ0v) is 17.4. The molecule has 0 radical (unpaired) electrons. The molecule has 1 saturated heterocycles. The molecule has 2 aliphatic rings. The number of alkyl halides is 2. The normalized spacial score (nSPS) is 21.3. The van der Waals surface area contributed by atoms with E-state index in [1.54, 1.807) is 20.0 Å². The van der Waals surface area contributed by atoms with Gasteiger partial charge in [-0.1, -0.05) is 18.2 Å². The number of aromatic nitrogens is 3. The molecule has 0 amide bonds. The number of fused-ring (bicyclic) bond motifs is 3. The lowest BCUT2D eigenvalue weighted by Crippen LogP contribution is -2.32. The summed E-state index contributed by atoms with van der Waals surface area (Å²) in [5, 5.41) is 4.01. The van der Waals surface area contributed by atoms with Gasteiger partial charge in [0.25, 0.3) is 6.43 Å². The van der Waals surface area contributed by atoms with Gasteiger partial charge in [0.05, 0.1) is 23.3 Å². The highest BCUT2D eigenvalue weighted by molar-refractivity contribution is 5.90. The molecule has 2 bridgehead atoms. The Morgan fingerprint density at radius 2 is 1.97 bits per heavy atom. The summed E-state index contributed by atoms with van der Waals surface area (Å²) in [5.41, 5.74) is 0.274. The highest BCUT2D eigenvalue weighted by Crippen LogP contribution is 2.40. The van der Waals surface area contributed by atoms with Crippen LogP contribution in [-0.2, 0) is 0 Å². The van der Waals surface area contributed by atoms with Crippen LogP contribution >= 0.6 is 0 Å². The molecular formula is C23H24F3N5. The third kappa shape index (κ3) is 3.58. The highest BCUT2D eigenvalue weighted by Gasteiger charge is 2.38. The van der Waals surface area contributed by atoms with E-state index in [9.17, 15) is 13.2 Å². The molecule has 1 saturated carbocycles. The van der Waals surface area contributed by atoms with Crippen molar-refractivity contribution in [3.63, 3.8) is 0 Å². The minimum atomic E-state index is -2.86. The summed E-state index contributed by atoms with van der Waals surface area (Å²) in [6.07, 6.45) is 2.57. The van der Waals surface area contributed by atoms with Crippen molar-refractivity contribution >= 4 is 22.5 Å². The molecule has 1 aliphatic carbocycles. The van der Waals surface area contributed by atoms with Crippen LogP contribution in [0, 0.1) is 18.7 Å². The molecule has 5 rings (SSSR count). The predicted octanol–water partition coefficient (Wildman–Crippen LogP) is 5.57. The van der Waals surface area contributed by atoms with Crippen molar-refractivity contribution in [1.82, 2.24) is 15.0 Å². The first-order valence-electron chi connectivity index (χ1n) is 10.6. The maximum absolute atomic E-state index is 14.7. The molecule has 3 atom stereocenters. The standard InChI is InChI=1S/C23H24F3N5/c1-12(16-4-3-5-17(21(16)24)22(25)26)28-23-18-9-20(27-10-19(18)29-13(2)30-23)31-11-14-6-7-15(31)8-14/h3-5,9-10,12,14-15,22H,6-8,11H2,1-2H3,(H,28,29,30)/t12-,14?,15?/m1/s1. The number of nitrogens with zero attached hydrogens (tertiary/aromatic N) is 4. The number of hydrogen-bond acceptors (Lipinski definition) is 5. The number of anilines is 2. The van der Waals surface area contributed by atoms with Crippen LogP contribution in [0.1, 0.15) is 55.6 Å². The Balaban J connectivity index is 1.50. The molecule has 0 spiro atoms. The van der Waals surface area contributed by atoms with Gasteiger partial charge in [0, 0.05) is 23.5 Å². The molecule has 1 aliphatic heterocycles. The SMILES string of the molecule is Cc1nc(N[C@H](C)c2cccc(C(F)F)c2F)c2cc(N3CC4CCC3C4)ncc2n1. The zero-order valence-electron chi connectivity index (χ0n) is 17.4. The van der Waals surface area contributed by atoms with Crippen LogP contribution in [0.15, 0.2) is 30.5 Å². The van der Waals surface area contributed by atoms with Gasteiger partial charge in [-0.05, 0) is 45.1 Å². The van der Waals surface area contributed by atoms with E-state index in [1.807, 2.05) is 6.07 Å². The van der Waals surface area contributed by atoms with Crippen molar-refractivity contribution in [1.29, 1.82) is 0 Å². The van der Waals surface area contributed by atoms with Crippen LogP contribution < -0.4 is 10.2 Å². The molecule has 8 heteroatoms. The molecule has 2 fully saturated rings. The van der Waals surface area contributed by atoms with Gasteiger partial charge < -0.3 is 10.2 Å². The third-order valence-electron chi connectivity index (χ3n) is 6.50. The Morgan fingerprint density at radius 1 is 1.16 bits per heavy atom. The van der Waals surface area contributed by atoms with Gasteiger partial charge in [0.1, 0.15) is 23.3 Å². The topological polar surface area (TPSA) is 53.9 Å². The number of aryl methyl sites for hydroxylation is 1. The number of piperidine rings is 1. The van der Waals surface area contributed by atoms with Gasteiger partial charge >= 0.3 is 0 Å². The number of hydrogen-bond donors (Lipinski definition) is 1. The number of halogens is 3. The van der Waals surface area contributed by atoms with Crippen LogP contribution in [0.2, 0.25) is 0 Å². The van der Waals surface area contributed by atoms with Crippen LogP contribution in [-0.4, -0.2) is 27.5 Å². The van der Waals surface area contributed by atoms with Gasteiger partial charge in [-0.3, -0.25) is 0 Å². The van der Waals surface area contributed by atoms with Crippen molar-refractivity contribution in [2.24, 2.45) is 5.92 Å². The first-order valence-corrected chi connectivity index (χ1v) is 10.6. The maximum atomic E-state index is 14.7. The van der Waals surface area contributed by atoms with Crippen LogP contribution in [0.25, 0.3) is 10.9 Å². The van der Waals surface area contributed by atoms with Crippen molar-refractivity contribution in [2.75, 3.05) is 16.8 Å². The van der Waals surface area contributed by atoms with E-state index in [0.717, 1.165) is 29.7 Å². The van der Waals surface area contributed by atoms with Gasteiger partial charge in [-0.2, -0.15) is 0 Å². The van der Waals surface area contributed by atoms with Gasteiger partial charge in [-0.25, -0.2) is 28.1 Å². The smallest absolute Gasteiger partial charge is 0.266 e. The van der Waals surface area contributed by atoms with Crippen LogP contribution in [0.3, 0.4) is 0 Å². The van der Waals surface area contributed by atoms with Crippen molar-refractivity contribution in [3.8, 4) is 0 Å². The fourth-order valence-corrected chi connectivity index (χ4v) is 4.96. The largest absolute Gasteiger partial charge is 0.363 e. The second-order valence-corrected chi connectivity index (χ2v) is 8.58. The molecule has 1 N–H and O–H groups in total. The zero-order chi connectivity index (χ0) is 21.7. The lowest BCUT2D eigenvalue weighted by molar-refractivity contribution is 0.146. The second-order valence-electron chi connectivity index (χ2n) is 8.58. The van der Waals surface area contributed by atoms with E-state index in [-0.39, 0.29) is 5.56 Å². The van der Waals surface area contributed by atoms with E-state index < -0.39 is 23.8 Å². The van der Waals surface area contributed by atoms with Crippen LogP contribution in [0.4, 0.5) is 24.8 Å². The summed E-state index contributed by atoms with van der Waals surface area (Å²) in [6, 6.07) is 6.03. The molecule has 2 aromatic heterocycles. The van der Waals surface area contributed by atoms with E-state index >= 15 is 0 Å². The molecule has 31 heavy (non-hydrogen) atoms. The van der Waals surface area contributed by atoms with Gasteiger partial charge in [0.15, 0.2) is 0 Å². The Labute approximate surface area is 178 Å². The highest BCUT2D eigenvalue weighted by atomic mass is 19.3. The summed E-state index contributed by atoms with van der Waals surface area (Å²) < 4.78 is 40.9. The molecule has 162 valence electrons. The predicted molar refractivity (Wildman–Crippen MR) is 114 cm³/mol. The molecule has 5 nitrogen and oxygen atoms in total. The minimum absolute atomic E-state index is 0.174. The van der Waals surface area contributed by atoms with Crippen LogP contribution in [0.5, 0.6) is 0 Å². The summed E-state index contributed by atoms with van der Waals surface area (Å²) in [5.74, 6) is 1.85. The fraction of sp³-hybridized carbons (Fsp3) is 0.435. The first kappa shape index (κ1) is 20.0. The molecule has 1 aromatic carbocycles. The number of rotatable bonds is 5. The van der Waals surface area contributed by atoms with Crippen molar-refractivity contribution < 1.29 is 13.2 Å². The third-order valence-corrected chi connectivity index (χ3v) is 6.50.